The summed E-state index contributed by atoms with van der Waals surface area (Å²) in [7, 11) is 0. The normalized spacial score (nSPS) is 13.5. The van der Waals surface area contributed by atoms with Crippen LogP contribution in [0.5, 0.6) is 0 Å². The molecule has 0 radical (unpaired) electrons. The van der Waals surface area contributed by atoms with Gasteiger partial charge in [-0.25, -0.2) is 0 Å². The number of nitrogens with one attached hydrogen (secondary N) is 1. The molecule has 2 atom stereocenters. The molecule has 0 fully saturated rings. The lowest BCUT2D eigenvalue weighted by atomic mass is 9.99. The van der Waals surface area contributed by atoms with E-state index in [4.69, 9.17) is 5.11 Å². The second-order valence-electron chi connectivity index (χ2n) is 4.59. The summed E-state index contributed by atoms with van der Waals surface area (Å²) in [5, 5.41) is 42.2. The first-order chi connectivity index (χ1) is 9.86. The van der Waals surface area contributed by atoms with Crippen LogP contribution in [0.25, 0.3) is 0 Å². The average molecular weight is 298 g/mol. The summed E-state index contributed by atoms with van der Waals surface area (Å²) in [6.45, 7) is 1.03. The van der Waals surface area contributed by atoms with Gasteiger partial charge in [0.15, 0.2) is 0 Å². The predicted octanol–water partition coefficient (Wildman–Crippen LogP) is 0.00760. The Morgan fingerprint density at radius 1 is 1.43 bits per heavy atom. The third-order valence-corrected chi connectivity index (χ3v) is 3.00. The second-order valence-corrected chi connectivity index (χ2v) is 4.59. The van der Waals surface area contributed by atoms with E-state index in [0.29, 0.717) is 0 Å². The van der Waals surface area contributed by atoms with Gasteiger partial charge in [0.05, 0.1) is 23.2 Å². The van der Waals surface area contributed by atoms with Crippen molar-refractivity contribution in [2.24, 2.45) is 0 Å². The maximum absolute atomic E-state index is 10.9. The van der Waals surface area contributed by atoms with Crippen LogP contribution in [0.1, 0.15) is 30.6 Å². The van der Waals surface area contributed by atoms with Gasteiger partial charge in [-0.2, -0.15) is 0 Å². The van der Waals surface area contributed by atoms with Crippen LogP contribution in [-0.4, -0.2) is 38.8 Å². The summed E-state index contributed by atoms with van der Waals surface area (Å²) in [4.78, 5) is 20.9. The molecule has 1 aromatic carbocycles. The largest absolute Gasteiger partial charge is 0.391 e. The molecular formula is C13H18N2O6. The zero-order valence-corrected chi connectivity index (χ0v) is 11.5. The fourth-order valence-electron chi connectivity index (χ4n) is 1.84. The smallest absolute Gasteiger partial charge is 0.275 e. The van der Waals surface area contributed by atoms with Crippen LogP contribution in [0.4, 0.5) is 5.69 Å². The first-order valence-corrected chi connectivity index (χ1v) is 6.35. The minimum absolute atomic E-state index is 0.107. The molecule has 0 spiro atoms. The molecule has 0 saturated carbocycles. The van der Waals surface area contributed by atoms with E-state index in [1.165, 1.54) is 19.1 Å². The van der Waals surface area contributed by atoms with Crippen molar-refractivity contribution in [3.8, 4) is 0 Å². The standard InChI is InChI=1S/C13H18N2O6/c1-8(17)14-5-4-12(18)13(19)9-2-3-10(7-16)11(6-9)15(20)21/h2-3,6,12-13,16,18-19H,4-5,7H2,1H3,(H,14,17). The lowest BCUT2D eigenvalue weighted by Crippen LogP contribution is -2.27. The highest BCUT2D eigenvalue weighted by atomic mass is 16.6. The fraction of sp³-hybridized carbons (Fsp3) is 0.462. The summed E-state index contributed by atoms with van der Waals surface area (Å²) in [6.07, 6.45) is -2.38. The highest BCUT2D eigenvalue weighted by Crippen LogP contribution is 2.26. The number of amides is 1. The molecule has 1 amide bonds. The monoisotopic (exact) mass is 298 g/mol. The van der Waals surface area contributed by atoms with Crippen LogP contribution in [0.15, 0.2) is 18.2 Å². The number of carbonyl (C=O) groups excluding carboxylic acids is 1. The number of rotatable bonds is 7. The zero-order valence-electron chi connectivity index (χ0n) is 11.5. The van der Waals surface area contributed by atoms with Crippen LogP contribution in [-0.2, 0) is 11.4 Å². The lowest BCUT2D eigenvalue weighted by molar-refractivity contribution is -0.386. The molecule has 21 heavy (non-hydrogen) atoms. The maximum atomic E-state index is 10.9. The van der Waals surface area contributed by atoms with Crippen molar-refractivity contribution in [2.75, 3.05) is 6.54 Å². The average Bonchev–Trinajstić information content (AvgIpc) is 2.45. The molecule has 8 nitrogen and oxygen atoms in total. The Morgan fingerprint density at radius 3 is 2.62 bits per heavy atom. The van der Waals surface area contributed by atoms with Gasteiger partial charge in [-0.1, -0.05) is 6.07 Å². The van der Waals surface area contributed by atoms with Crippen LogP contribution in [0.3, 0.4) is 0 Å². The van der Waals surface area contributed by atoms with Gasteiger partial charge >= 0.3 is 0 Å². The van der Waals surface area contributed by atoms with Crippen molar-refractivity contribution < 1.29 is 25.0 Å². The molecule has 0 aromatic heterocycles. The van der Waals surface area contributed by atoms with Gasteiger partial charge in [0.2, 0.25) is 5.91 Å². The number of hydrogen-bond donors (Lipinski definition) is 4. The molecule has 0 aliphatic rings. The Morgan fingerprint density at radius 2 is 2.10 bits per heavy atom. The molecule has 0 heterocycles. The van der Waals surface area contributed by atoms with Crippen molar-refractivity contribution >= 4 is 11.6 Å². The quantitative estimate of drug-likeness (QED) is 0.414. The molecule has 1 aromatic rings. The van der Waals surface area contributed by atoms with Gasteiger partial charge in [-0.15, -0.1) is 0 Å². The number of hydrogen-bond acceptors (Lipinski definition) is 6. The summed E-state index contributed by atoms with van der Waals surface area (Å²) in [5.41, 5.74) is -0.0129. The number of nitro benzene ring substituents is 1. The van der Waals surface area contributed by atoms with Crippen molar-refractivity contribution in [3.05, 3.63) is 39.4 Å². The molecule has 4 N–H and O–H groups in total. The third-order valence-electron chi connectivity index (χ3n) is 3.00. The highest BCUT2D eigenvalue weighted by molar-refractivity contribution is 5.72. The van der Waals surface area contributed by atoms with Gasteiger partial charge in [0.25, 0.3) is 5.69 Å². The Bertz CT molecular complexity index is 519. The molecule has 0 aliphatic carbocycles. The SMILES string of the molecule is CC(=O)NCCC(O)C(O)c1ccc(CO)c([N+](=O)[O-])c1. The van der Waals surface area contributed by atoms with Crippen molar-refractivity contribution in [1.29, 1.82) is 0 Å². The summed E-state index contributed by atoms with van der Waals surface area (Å²) in [5.74, 6) is -0.250. The van der Waals surface area contributed by atoms with Gasteiger partial charge in [-0.3, -0.25) is 14.9 Å². The van der Waals surface area contributed by atoms with E-state index < -0.39 is 23.7 Å². The van der Waals surface area contributed by atoms with Gasteiger partial charge in [-0.05, 0) is 18.1 Å². The predicted molar refractivity (Wildman–Crippen MR) is 73.3 cm³/mol. The number of aliphatic hydroxyl groups excluding tert-OH is 3. The zero-order chi connectivity index (χ0) is 16.0. The Labute approximate surface area is 121 Å². The lowest BCUT2D eigenvalue weighted by Gasteiger charge is -2.18. The Kier molecular flexibility index (Phi) is 6.22. The number of nitrogens with zero attached hydrogens (tertiary/aromatic N) is 1. The first-order valence-electron chi connectivity index (χ1n) is 6.35. The van der Waals surface area contributed by atoms with Gasteiger partial charge < -0.3 is 20.6 Å². The van der Waals surface area contributed by atoms with Crippen LogP contribution in [0, 0.1) is 10.1 Å². The van der Waals surface area contributed by atoms with Crippen molar-refractivity contribution in [3.63, 3.8) is 0 Å². The van der Waals surface area contributed by atoms with E-state index in [-0.39, 0.29) is 35.7 Å². The van der Waals surface area contributed by atoms with Crippen LogP contribution >= 0.6 is 0 Å². The second kappa shape index (κ2) is 7.67. The number of nitro groups is 1. The number of benzene rings is 1. The Balaban J connectivity index is 2.81. The summed E-state index contributed by atoms with van der Waals surface area (Å²) in [6, 6.07) is 3.86. The number of aliphatic hydroxyl groups is 3. The van der Waals surface area contributed by atoms with Crippen molar-refractivity contribution in [1.82, 2.24) is 5.32 Å². The highest BCUT2D eigenvalue weighted by Gasteiger charge is 2.22. The van der Waals surface area contributed by atoms with E-state index in [1.54, 1.807) is 0 Å². The molecule has 8 heteroatoms. The summed E-state index contributed by atoms with van der Waals surface area (Å²) >= 11 is 0. The van der Waals surface area contributed by atoms with Crippen molar-refractivity contribution in [2.45, 2.75) is 32.2 Å². The van der Waals surface area contributed by atoms with Gasteiger partial charge in [0.1, 0.15) is 6.10 Å². The molecule has 0 bridgehead atoms. The molecule has 0 aliphatic heterocycles. The fourth-order valence-corrected chi connectivity index (χ4v) is 1.84. The third kappa shape index (κ3) is 4.78. The maximum Gasteiger partial charge on any atom is 0.275 e. The molecular weight excluding hydrogens is 280 g/mol. The minimum Gasteiger partial charge on any atom is -0.391 e. The van der Waals surface area contributed by atoms with E-state index in [2.05, 4.69) is 5.32 Å². The summed E-state index contributed by atoms with van der Waals surface area (Å²) < 4.78 is 0. The molecule has 2 unspecified atom stereocenters. The topological polar surface area (TPSA) is 133 Å². The first kappa shape index (κ1) is 17.0. The molecule has 0 saturated heterocycles. The number of carbonyl (C=O) groups is 1. The van der Waals surface area contributed by atoms with Crippen LogP contribution in [0.2, 0.25) is 0 Å². The van der Waals surface area contributed by atoms with E-state index in [1.807, 2.05) is 0 Å². The molecule has 1 rings (SSSR count). The van der Waals surface area contributed by atoms with Gasteiger partial charge in [0, 0.05) is 19.5 Å². The minimum atomic E-state index is -1.31. The van der Waals surface area contributed by atoms with Crippen LogP contribution < -0.4 is 5.32 Å². The Hall–Kier alpha value is -2.03. The van der Waals surface area contributed by atoms with E-state index in [9.17, 15) is 25.1 Å². The van der Waals surface area contributed by atoms with E-state index >= 15 is 0 Å². The van der Waals surface area contributed by atoms with E-state index in [0.717, 1.165) is 6.07 Å². The molecule has 116 valence electrons.